The van der Waals surface area contributed by atoms with Gasteiger partial charge in [-0.1, -0.05) is 30.3 Å². The average molecular weight is 321 g/mol. The Morgan fingerprint density at radius 3 is 2.13 bits per heavy atom. The summed E-state index contributed by atoms with van der Waals surface area (Å²) in [6.07, 6.45) is -0.398. The van der Waals surface area contributed by atoms with E-state index >= 15 is 0 Å². The molecule has 0 N–H and O–H groups in total. The molecule has 126 valence electrons. The van der Waals surface area contributed by atoms with Crippen LogP contribution in [0, 0.1) is 0 Å². The van der Waals surface area contributed by atoms with Crippen LogP contribution >= 0.6 is 0 Å². The third kappa shape index (κ3) is 6.10. The van der Waals surface area contributed by atoms with Crippen molar-refractivity contribution >= 4 is 17.8 Å². The fourth-order valence-corrected chi connectivity index (χ4v) is 2.14. The number of nitrogens with zero attached hydrogens (tertiary/aromatic N) is 1. The number of hydrogen-bond donors (Lipinski definition) is 0. The SMILES string of the molecule is CCOC(=O)CC(=O)N(CC(=O)OCC)[C@@H](C)c1ccccc1. The van der Waals surface area contributed by atoms with Gasteiger partial charge >= 0.3 is 11.9 Å². The number of benzene rings is 1. The molecule has 1 atom stereocenters. The number of ether oxygens (including phenoxy) is 2. The van der Waals surface area contributed by atoms with Gasteiger partial charge < -0.3 is 14.4 Å². The first-order valence-electron chi connectivity index (χ1n) is 7.65. The van der Waals surface area contributed by atoms with Gasteiger partial charge in [0.25, 0.3) is 0 Å². The molecule has 23 heavy (non-hydrogen) atoms. The van der Waals surface area contributed by atoms with Crippen molar-refractivity contribution in [2.45, 2.75) is 33.2 Å². The molecule has 0 saturated heterocycles. The zero-order valence-electron chi connectivity index (χ0n) is 13.8. The number of carbonyl (C=O) groups is 3. The van der Waals surface area contributed by atoms with E-state index in [0.717, 1.165) is 5.56 Å². The Morgan fingerprint density at radius 1 is 1.00 bits per heavy atom. The third-order valence-electron chi connectivity index (χ3n) is 3.28. The molecule has 0 aliphatic rings. The summed E-state index contributed by atoms with van der Waals surface area (Å²) in [6.45, 7) is 5.41. The molecule has 1 amide bonds. The van der Waals surface area contributed by atoms with Crippen LogP contribution in [-0.2, 0) is 23.9 Å². The van der Waals surface area contributed by atoms with Crippen molar-refractivity contribution in [3.63, 3.8) is 0 Å². The first kappa shape index (κ1) is 18.7. The van der Waals surface area contributed by atoms with Gasteiger partial charge in [0.15, 0.2) is 0 Å². The fraction of sp³-hybridized carbons (Fsp3) is 0.471. The molecule has 1 aromatic rings. The first-order chi connectivity index (χ1) is 11.0. The second-order valence-electron chi connectivity index (χ2n) is 4.90. The van der Waals surface area contributed by atoms with Crippen molar-refractivity contribution in [2.75, 3.05) is 19.8 Å². The molecule has 0 radical (unpaired) electrons. The minimum absolute atomic E-state index is 0.206. The highest BCUT2D eigenvalue weighted by Crippen LogP contribution is 2.21. The zero-order chi connectivity index (χ0) is 17.2. The molecule has 1 rings (SSSR count). The lowest BCUT2D eigenvalue weighted by atomic mass is 10.1. The lowest BCUT2D eigenvalue weighted by Crippen LogP contribution is -2.39. The molecule has 0 aliphatic carbocycles. The molecule has 0 bridgehead atoms. The maximum absolute atomic E-state index is 12.4. The lowest BCUT2D eigenvalue weighted by Gasteiger charge is -2.28. The minimum atomic E-state index is -0.605. The summed E-state index contributed by atoms with van der Waals surface area (Å²) in [7, 11) is 0. The van der Waals surface area contributed by atoms with Gasteiger partial charge in [0.2, 0.25) is 5.91 Å². The predicted molar refractivity (Wildman–Crippen MR) is 84.5 cm³/mol. The zero-order valence-corrected chi connectivity index (χ0v) is 13.8. The average Bonchev–Trinajstić information content (AvgIpc) is 2.53. The Morgan fingerprint density at radius 2 is 1.57 bits per heavy atom. The summed E-state index contributed by atoms with van der Waals surface area (Å²) in [4.78, 5) is 37.1. The number of esters is 2. The van der Waals surface area contributed by atoms with Crippen LogP contribution in [0.5, 0.6) is 0 Å². The quantitative estimate of drug-likeness (QED) is 0.541. The molecule has 0 saturated carbocycles. The molecular weight excluding hydrogens is 298 g/mol. The minimum Gasteiger partial charge on any atom is -0.466 e. The van der Waals surface area contributed by atoms with Crippen LogP contribution in [0.4, 0.5) is 0 Å². The molecule has 0 spiro atoms. The van der Waals surface area contributed by atoms with Crippen molar-refractivity contribution in [2.24, 2.45) is 0 Å². The molecule has 0 aromatic heterocycles. The van der Waals surface area contributed by atoms with E-state index in [9.17, 15) is 14.4 Å². The van der Waals surface area contributed by atoms with E-state index in [0.29, 0.717) is 0 Å². The fourth-order valence-electron chi connectivity index (χ4n) is 2.14. The summed E-state index contributed by atoms with van der Waals surface area (Å²) in [6, 6.07) is 8.93. The second-order valence-corrected chi connectivity index (χ2v) is 4.90. The van der Waals surface area contributed by atoms with E-state index in [1.54, 1.807) is 20.8 Å². The summed E-state index contributed by atoms with van der Waals surface area (Å²) in [5, 5.41) is 0. The number of hydrogen-bond acceptors (Lipinski definition) is 5. The molecule has 0 fully saturated rings. The third-order valence-corrected chi connectivity index (χ3v) is 3.28. The Balaban J connectivity index is 2.89. The monoisotopic (exact) mass is 321 g/mol. The lowest BCUT2D eigenvalue weighted by molar-refractivity contribution is -0.155. The van der Waals surface area contributed by atoms with Crippen LogP contribution in [-0.4, -0.2) is 42.5 Å². The highest BCUT2D eigenvalue weighted by molar-refractivity contribution is 5.95. The van der Waals surface area contributed by atoms with Crippen LogP contribution in [0.2, 0.25) is 0 Å². The van der Waals surface area contributed by atoms with E-state index in [-0.39, 0.29) is 25.8 Å². The molecule has 1 aromatic carbocycles. The Labute approximate surface area is 136 Å². The normalized spacial score (nSPS) is 11.4. The van der Waals surface area contributed by atoms with Gasteiger partial charge in [-0.05, 0) is 26.3 Å². The highest BCUT2D eigenvalue weighted by Gasteiger charge is 2.26. The van der Waals surface area contributed by atoms with Crippen LogP contribution in [0.15, 0.2) is 30.3 Å². The number of carbonyl (C=O) groups excluding carboxylic acids is 3. The summed E-state index contributed by atoms with van der Waals surface area (Å²) in [5.41, 5.74) is 0.869. The van der Waals surface area contributed by atoms with Crippen molar-refractivity contribution in [3.05, 3.63) is 35.9 Å². The topological polar surface area (TPSA) is 72.9 Å². The van der Waals surface area contributed by atoms with Gasteiger partial charge in [-0.3, -0.25) is 14.4 Å². The van der Waals surface area contributed by atoms with Crippen LogP contribution in [0.1, 0.15) is 38.8 Å². The van der Waals surface area contributed by atoms with Crippen molar-refractivity contribution in [3.8, 4) is 0 Å². The van der Waals surface area contributed by atoms with E-state index in [1.165, 1.54) is 4.90 Å². The summed E-state index contributed by atoms with van der Waals surface area (Å²) >= 11 is 0. The molecule has 0 heterocycles. The van der Waals surface area contributed by atoms with Crippen molar-refractivity contribution < 1.29 is 23.9 Å². The number of amides is 1. The van der Waals surface area contributed by atoms with E-state index < -0.39 is 24.3 Å². The Hall–Kier alpha value is -2.37. The highest BCUT2D eigenvalue weighted by atomic mass is 16.5. The van der Waals surface area contributed by atoms with E-state index in [1.807, 2.05) is 30.3 Å². The summed E-state index contributed by atoms with van der Waals surface area (Å²) < 4.78 is 9.71. The second kappa shape index (κ2) is 9.61. The van der Waals surface area contributed by atoms with Gasteiger partial charge in [-0.25, -0.2) is 0 Å². The standard InChI is InChI=1S/C17H23NO5/c1-4-22-16(20)11-15(19)18(12-17(21)23-5-2)13(3)14-9-7-6-8-10-14/h6-10,13H,4-5,11-12H2,1-3H3/t13-/m0/s1. The first-order valence-corrected chi connectivity index (χ1v) is 7.65. The van der Waals surface area contributed by atoms with E-state index in [2.05, 4.69) is 0 Å². The van der Waals surface area contributed by atoms with Crippen molar-refractivity contribution in [1.29, 1.82) is 0 Å². The van der Waals surface area contributed by atoms with Crippen LogP contribution < -0.4 is 0 Å². The molecule has 6 heteroatoms. The molecular formula is C17H23NO5. The van der Waals surface area contributed by atoms with Gasteiger partial charge in [-0.15, -0.1) is 0 Å². The van der Waals surface area contributed by atoms with Gasteiger partial charge in [0, 0.05) is 0 Å². The van der Waals surface area contributed by atoms with Gasteiger partial charge in [-0.2, -0.15) is 0 Å². The van der Waals surface area contributed by atoms with Gasteiger partial charge in [0.1, 0.15) is 13.0 Å². The summed E-state index contributed by atoms with van der Waals surface area (Å²) in [5.74, 6) is -1.58. The maximum Gasteiger partial charge on any atom is 0.325 e. The molecule has 0 unspecified atom stereocenters. The molecule has 0 aliphatic heterocycles. The predicted octanol–water partition coefficient (Wildman–Crippen LogP) is 2.09. The van der Waals surface area contributed by atoms with Gasteiger partial charge in [0.05, 0.1) is 19.3 Å². The maximum atomic E-state index is 12.4. The van der Waals surface area contributed by atoms with Crippen LogP contribution in [0.25, 0.3) is 0 Å². The van der Waals surface area contributed by atoms with Crippen LogP contribution in [0.3, 0.4) is 0 Å². The van der Waals surface area contributed by atoms with E-state index in [4.69, 9.17) is 9.47 Å². The Kier molecular flexibility index (Phi) is 7.80. The largest absolute Gasteiger partial charge is 0.466 e. The number of rotatable bonds is 8. The Bertz CT molecular complexity index is 529. The molecule has 6 nitrogen and oxygen atoms in total. The smallest absolute Gasteiger partial charge is 0.325 e. The van der Waals surface area contributed by atoms with Crippen molar-refractivity contribution in [1.82, 2.24) is 4.90 Å².